The SMILES string of the molecule is COC(C)(C)Cc1cccc(CC2CCNCC2)c1. The van der Waals surface area contributed by atoms with Crippen molar-refractivity contribution in [3.8, 4) is 0 Å². The Hall–Kier alpha value is -0.860. The largest absolute Gasteiger partial charge is 0.378 e. The van der Waals surface area contributed by atoms with E-state index in [1.807, 2.05) is 0 Å². The molecule has 1 heterocycles. The maximum Gasteiger partial charge on any atom is 0.0662 e. The lowest BCUT2D eigenvalue weighted by atomic mass is 9.89. The van der Waals surface area contributed by atoms with Crippen molar-refractivity contribution in [2.75, 3.05) is 20.2 Å². The molecule has 2 rings (SSSR count). The van der Waals surface area contributed by atoms with Crippen LogP contribution in [0.4, 0.5) is 0 Å². The molecule has 0 radical (unpaired) electrons. The Morgan fingerprint density at radius 1 is 1.21 bits per heavy atom. The number of methoxy groups -OCH3 is 1. The highest BCUT2D eigenvalue weighted by Gasteiger charge is 2.18. The van der Waals surface area contributed by atoms with E-state index >= 15 is 0 Å². The molecule has 0 unspecified atom stereocenters. The molecule has 0 saturated carbocycles. The second kappa shape index (κ2) is 6.53. The van der Waals surface area contributed by atoms with Crippen LogP contribution in [0.2, 0.25) is 0 Å². The monoisotopic (exact) mass is 261 g/mol. The van der Waals surface area contributed by atoms with Gasteiger partial charge in [-0.05, 0) is 63.2 Å². The maximum absolute atomic E-state index is 5.52. The molecule has 0 atom stereocenters. The molecular weight excluding hydrogens is 234 g/mol. The molecule has 1 aromatic carbocycles. The topological polar surface area (TPSA) is 21.3 Å². The van der Waals surface area contributed by atoms with Crippen LogP contribution in [0.3, 0.4) is 0 Å². The summed E-state index contributed by atoms with van der Waals surface area (Å²) < 4.78 is 5.52. The van der Waals surface area contributed by atoms with Crippen molar-refractivity contribution in [2.45, 2.75) is 45.1 Å². The second-order valence-electron chi connectivity index (χ2n) is 6.36. The van der Waals surface area contributed by atoms with Gasteiger partial charge in [-0.3, -0.25) is 0 Å². The Bertz CT molecular complexity index is 394. The molecule has 19 heavy (non-hydrogen) atoms. The fourth-order valence-electron chi connectivity index (χ4n) is 2.85. The van der Waals surface area contributed by atoms with Crippen molar-refractivity contribution < 1.29 is 4.74 Å². The van der Waals surface area contributed by atoms with E-state index in [0.29, 0.717) is 0 Å². The highest BCUT2D eigenvalue weighted by molar-refractivity contribution is 5.25. The summed E-state index contributed by atoms with van der Waals surface area (Å²) in [5, 5.41) is 3.43. The fraction of sp³-hybridized carbons (Fsp3) is 0.647. The van der Waals surface area contributed by atoms with Crippen LogP contribution in [0.1, 0.15) is 37.8 Å². The van der Waals surface area contributed by atoms with E-state index in [2.05, 4.69) is 43.4 Å². The number of nitrogens with one attached hydrogen (secondary N) is 1. The van der Waals surface area contributed by atoms with Crippen LogP contribution in [-0.2, 0) is 17.6 Å². The van der Waals surface area contributed by atoms with Crippen LogP contribution in [0.5, 0.6) is 0 Å². The van der Waals surface area contributed by atoms with Gasteiger partial charge in [-0.15, -0.1) is 0 Å². The molecular formula is C17H27NO. The lowest BCUT2D eigenvalue weighted by Gasteiger charge is -2.24. The van der Waals surface area contributed by atoms with Crippen LogP contribution in [0, 0.1) is 5.92 Å². The van der Waals surface area contributed by atoms with Gasteiger partial charge in [0.15, 0.2) is 0 Å². The van der Waals surface area contributed by atoms with Crippen molar-refractivity contribution in [3.63, 3.8) is 0 Å². The quantitative estimate of drug-likeness (QED) is 0.879. The minimum atomic E-state index is -0.0760. The first kappa shape index (κ1) is 14.5. The highest BCUT2D eigenvalue weighted by atomic mass is 16.5. The van der Waals surface area contributed by atoms with Gasteiger partial charge >= 0.3 is 0 Å². The molecule has 2 nitrogen and oxygen atoms in total. The molecule has 1 aromatic rings. The second-order valence-corrected chi connectivity index (χ2v) is 6.36. The number of hydrogen-bond acceptors (Lipinski definition) is 2. The fourth-order valence-corrected chi connectivity index (χ4v) is 2.85. The van der Waals surface area contributed by atoms with E-state index in [9.17, 15) is 0 Å². The van der Waals surface area contributed by atoms with Gasteiger partial charge in [0.2, 0.25) is 0 Å². The predicted molar refractivity (Wildman–Crippen MR) is 80.5 cm³/mol. The number of piperidine rings is 1. The minimum absolute atomic E-state index is 0.0760. The molecule has 1 N–H and O–H groups in total. The summed E-state index contributed by atoms with van der Waals surface area (Å²) >= 11 is 0. The molecule has 2 heteroatoms. The first-order valence-electron chi connectivity index (χ1n) is 7.43. The van der Waals surface area contributed by atoms with Gasteiger partial charge < -0.3 is 10.1 Å². The third-order valence-corrected chi connectivity index (χ3v) is 4.16. The van der Waals surface area contributed by atoms with Crippen molar-refractivity contribution in [2.24, 2.45) is 5.92 Å². The third-order valence-electron chi connectivity index (χ3n) is 4.16. The van der Waals surface area contributed by atoms with Gasteiger partial charge in [0.1, 0.15) is 0 Å². The molecule has 0 aromatic heterocycles. The summed E-state index contributed by atoms with van der Waals surface area (Å²) in [6, 6.07) is 9.04. The van der Waals surface area contributed by atoms with Crippen LogP contribution < -0.4 is 5.32 Å². The molecule has 0 spiro atoms. The summed E-state index contributed by atoms with van der Waals surface area (Å²) in [6.07, 6.45) is 4.83. The molecule has 1 aliphatic heterocycles. The molecule has 0 amide bonds. The molecule has 1 fully saturated rings. The Kier molecular flexibility index (Phi) is 5.00. The van der Waals surface area contributed by atoms with Crippen molar-refractivity contribution in [1.29, 1.82) is 0 Å². The summed E-state index contributed by atoms with van der Waals surface area (Å²) in [7, 11) is 1.79. The van der Waals surface area contributed by atoms with Gasteiger partial charge in [-0.1, -0.05) is 24.3 Å². The standard InChI is InChI=1S/C17H27NO/c1-17(2,19-3)13-16-6-4-5-15(12-16)11-14-7-9-18-10-8-14/h4-6,12,14,18H,7-11,13H2,1-3H3. The Balaban J connectivity index is 1.98. The third kappa shape index (κ3) is 4.63. The van der Waals surface area contributed by atoms with Crippen molar-refractivity contribution >= 4 is 0 Å². The van der Waals surface area contributed by atoms with Crippen LogP contribution in [0.25, 0.3) is 0 Å². The number of ether oxygens (including phenoxy) is 1. The molecule has 0 aliphatic carbocycles. The zero-order valence-corrected chi connectivity index (χ0v) is 12.5. The number of rotatable bonds is 5. The summed E-state index contributed by atoms with van der Waals surface area (Å²) in [5.41, 5.74) is 2.79. The van der Waals surface area contributed by atoms with Gasteiger partial charge in [0, 0.05) is 13.5 Å². The number of benzene rings is 1. The Morgan fingerprint density at radius 2 is 1.89 bits per heavy atom. The van der Waals surface area contributed by atoms with Gasteiger partial charge in [0.25, 0.3) is 0 Å². The summed E-state index contributed by atoms with van der Waals surface area (Å²) in [5.74, 6) is 0.854. The lowest BCUT2D eigenvalue weighted by Crippen LogP contribution is -2.28. The van der Waals surface area contributed by atoms with Gasteiger partial charge in [-0.25, -0.2) is 0 Å². The molecule has 0 bridgehead atoms. The van der Waals surface area contributed by atoms with Crippen LogP contribution in [0.15, 0.2) is 24.3 Å². The van der Waals surface area contributed by atoms with E-state index in [-0.39, 0.29) is 5.60 Å². The van der Waals surface area contributed by atoms with E-state index in [1.165, 1.54) is 43.5 Å². The predicted octanol–water partition coefficient (Wildman–Crippen LogP) is 3.20. The molecule has 106 valence electrons. The highest BCUT2D eigenvalue weighted by Crippen LogP contribution is 2.21. The van der Waals surface area contributed by atoms with E-state index in [0.717, 1.165) is 12.3 Å². The lowest BCUT2D eigenvalue weighted by molar-refractivity contribution is 0.0232. The van der Waals surface area contributed by atoms with E-state index in [1.54, 1.807) is 7.11 Å². The maximum atomic E-state index is 5.52. The summed E-state index contributed by atoms with van der Waals surface area (Å²) in [4.78, 5) is 0. The van der Waals surface area contributed by atoms with Crippen LogP contribution in [-0.4, -0.2) is 25.8 Å². The normalized spacial score (nSPS) is 17.6. The van der Waals surface area contributed by atoms with E-state index < -0.39 is 0 Å². The van der Waals surface area contributed by atoms with Crippen molar-refractivity contribution in [1.82, 2.24) is 5.32 Å². The average molecular weight is 261 g/mol. The number of hydrogen-bond donors (Lipinski definition) is 1. The average Bonchev–Trinajstić information content (AvgIpc) is 2.40. The Labute approximate surface area is 117 Å². The zero-order chi connectivity index (χ0) is 13.7. The smallest absolute Gasteiger partial charge is 0.0662 e. The molecule has 1 aliphatic rings. The Morgan fingerprint density at radius 3 is 2.58 bits per heavy atom. The van der Waals surface area contributed by atoms with Crippen LogP contribution >= 0.6 is 0 Å². The first-order valence-corrected chi connectivity index (χ1v) is 7.43. The van der Waals surface area contributed by atoms with Gasteiger partial charge in [0.05, 0.1) is 5.60 Å². The van der Waals surface area contributed by atoms with Crippen molar-refractivity contribution in [3.05, 3.63) is 35.4 Å². The first-order chi connectivity index (χ1) is 9.09. The molecule has 1 saturated heterocycles. The zero-order valence-electron chi connectivity index (χ0n) is 12.5. The summed E-state index contributed by atoms with van der Waals surface area (Å²) in [6.45, 7) is 6.65. The van der Waals surface area contributed by atoms with Gasteiger partial charge in [-0.2, -0.15) is 0 Å². The minimum Gasteiger partial charge on any atom is -0.378 e. The van der Waals surface area contributed by atoms with E-state index in [4.69, 9.17) is 4.74 Å².